The van der Waals surface area contributed by atoms with E-state index in [1.54, 1.807) is 0 Å². The number of benzene rings is 10. The molecule has 4 aliphatic heterocycles. The Labute approximate surface area is 421 Å². The Hall–Kier alpha value is -9.29. The molecule has 0 atom stereocenters. The minimum Gasteiger partial charge on any atom is -0.458 e. The average molecular weight is 970 g/mol. The molecular weight excluding hydrogens is 931 g/mol. The van der Waals surface area contributed by atoms with E-state index in [1.165, 1.54) is 31.1 Å². The molecule has 12 aromatic rings. The fourth-order valence-electron chi connectivity index (χ4n) is 12.5. The first kappa shape index (κ1) is 40.4. The van der Waals surface area contributed by atoms with Gasteiger partial charge in [0.15, 0.2) is 22.0 Å². The highest BCUT2D eigenvalue weighted by atomic mass is 28.3. The molecule has 2 aromatic heterocycles. The summed E-state index contributed by atoms with van der Waals surface area (Å²) in [7, 11) is -6.17. The van der Waals surface area contributed by atoms with Gasteiger partial charge >= 0.3 is 0 Å². The molecule has 0 fully saturated rings. The molecule has 4 aliphatic rings. The van der Waals surface area contributed by atoms with Gasteiger partial charge in [0.2, 0.25) is 0 Å². The van der Waals surface area contributed by atoms with Gasteiger partial charge in [0.05, 0.1) is 16.7 Å². The van der Waals surface area contributed by atoms with Crippen LogP contribution in [0.2, 0.25) is 0 Å². The fourth-order valence-corrected chi connectivity index (χ4v) is 22.9. The molecule has 10 aromatic carbocycles. The van der Waals surface area contributed by atoms with Crippen LogP contribution >= 0.6 is 0 Å². The molecule has 0 unspecified atom stereocenters. The van der Waals surface area contributed by atoms with E-state index in [2.05, 4.69) is 241 Å². The van der Waals surface area contributed by atoms with Crippen molar-refractivity contribution >= 4 is 79.4 Å². The van der Waals surface area contributed by atoms with Gasteiger partial charge in [-0.25, -0.2) is 9.97 Å². The summed E-state index contributed by atoms with van der Waals surface area (Å²) in [6, 6.07) is 83.7. The third kappa shape index (κ3) is 5.52. The topological polar surface area (TPSA) is 67.6 Å². The SMILES string of the molecule is c1ccc2c(c1)Oc1ccccc1[Si]21c2ccccc2Oc2ccc(-c3cc(-n4c5ccccc5c5ccccc54)nc(-c4ccc5c(c4)[Si]4(c6ccccc6Oc6ccccc64)c4ccccc4O5)n3)cc21. The van der Waals surface area contributed by atoms with Gasteiger partial charge in [-0.05, 0) is 126 Å². The normalized spacial score (nSPS) is 14.4. The Morgan fingerprint density at radius 2 is 0.616 bits per heavy atom. The molecule has 0 N–H and O–H groups in total. The highest BCUT2D eigenvalue weighted by molar-refractivity contribution is 7.22. The van der Waals surface area contributed by atoms with Crippen LogP contribution in [0.3, 0.4) is 0 Å². The molecule has 2 spiro atoms. The Bertz CT molecular complexity index is 3860. The summed E-state index contributed by atoms with van der Waals surface area (Å²) in [6.07, 6.45) is 0. The Morgan fingerprint density at radius 3 is 1.03 bits per heavy atom. The van der Waals surface area contributed by atoms with E-state index < -0.39 is 16.1 Å². The van der Waals surface area contributed by atoms with Crippen LogP contribution in [0, 0.1) is 0 Å². The van der Waals surface area contributed by atoms with E-state index in [9.17, 15) is 0 Å². The van der Waals surface area contributed by atoms with Crippen LogP contribution in [0.25, 0.3) is 50.3 Å². The molecule has 16 rings (SSSR count). The molecule has 0 saturated heterocycles. The summed E-state index contributed by atoms with van der Waals surface area (Å²) < 4.78 is 29.6. The molecule has 0 radical (unpaired) electrons. The predicted octanol–water partition coefficient (Wildman–Crippen LogP) is 10.1. The largest absolute Gasteiger partial charge is 0.458 e. The summed E-state index contributed by atoms with van der Waals surface area (Å²) in [5, 5.41) is 11.7. The van der Waals surface area contributed by atoms with Crippen molar-refractivity contribution in [1.82, 2.24) is 14.5 Å². The average Bonchev–Trinajstić information content (AvgIpc) is 3.79. The maximum absolute atomic E-state index is 6.92. The lowest BCUT2D eigenvalue weighted by atomic mass is 10.1. The number of hydrogen-bond donors (Lipinski definition) is 0. The van der Waals surface area contributed by atoms with Crippen molar-refractivity contribution in [3.63, 3.8) is 0 Å². The molecule has 0 saturated carbocycles. The molecule has 0 bridgehead atoms. The summed E-state index contributed by atoms with van der Waals surface area (Å²) in [6.45, 7) is 0. The van der Waals surface area contributed by atoms with Crippen molar-refractivity contribution in [2.75, 3.05) is 0 Å². The van der Waals surface area contributed by atoms with E-state index >= 15 is 0 Å². The second-order valence-corrected chi connectivity index (χ2v) is 26.4. The number of para-hydroxylation sites is 8. The Morgan fingerprint density at radius 1 is 0.288 bits per heavy atom. The maximum atomic E-state index is 6.92. The van der Waals surface area contributed by atoms with Crippen LogP contribution in [0.4, 0.5) is 0 Å². The van der Waals surface area contributed by atoms with E-state index in [-0.39, 0.29) is 0 Å². The van der Waals surface area contributed by atoms with Gasteiger partial charge in [-0.1, -0.05) is 146 Å². The number of aromatic nitrogens is 3. The number of ether oxygens (including phenoxy) is 4. The minimum absolute atomic E-state index is 0.599. The van der Waals surface area contributed by atoms with Gasteiger partial charge in [-0.3, -0.25) is 4.57 Å². The predicted molar refractivity (Wildman–Crippen MR) is 295 cm³/mol. The zero-order chi connectivity index (χ0) is 47.8. The van der Waals surface area contributed by atoms with Crippen LogP contribution in [0.1, 0.15) is 0 Å². The third-order valence-corrected chi connectivity index (χ3v) is 25.2. The lowest BCUT2D eigenvalue weighted by Gasteiger charge is -2.43. The standard InChI is InChI=1S/C64H39N3O4Si2/c1-3-19-45-42(17-1)43-18-2-4-20-46(43)67(45)63-39-44(40-33-35-53-61(37-40)72(59-31-15-9-25-51(59)70-53)55-27-11-5-21-47(55)68-48-22-6-12-28-56(48)72)65-64(66-63)41-34-36-54-62(38-41)73(60-32-16-10-26-52(60)71-54)57-29-13-7-23-49(57)69-50-24-8-14-30-58(50)73/h1-39H. The number of hydrogen-bond acceptors (Lipinski definition) is 6. The molecule has 6 heterocycles. The zero-order valence-electron chi connectivity index (χ0n) is 39.0. The summed E-state index contributed by atoms with van der Waals surface area (Å²) in [5.41, 5.74) is 4.75. The molecule has 7 nitrogen and oxygen atoms in total. The Kier molecular flexibility index (Phi) is 8.37. The van der Waals surface area contributed by atoms with Gasteiger partial charge in [0.1, 0.15) is 51.8 Å². The number of fused-ring (bicyclic) bond motifs is 19. The van der Waals surface area contributed by atoms with E-state index in [0.717, 1.165) is 101 Å². The van der Waals surface area contributed by atoms with E-state index in [0.29, 0.717) is 5.82 Å². The number of rotatable bonds is 3. The van der Waals surface area contributed by atoms with Crippen molar-refractivity contribution in [3.8, 4) is 74.5 Å². The highest BCUT2D eigenvalue weighted by Gasteiger charge is 2.54. The van der Waals surface area contributed by atoms with Gasteiger partial charge in [0, 0.05) is 28.0 Å². The molecule has 342 valence electrons. The monoisotopic (exact) mass is 969 g/mol. The molecule has 73 heavy (non-hydrogen) atoms. The molecule has 0 amide bonds. The summed E-state index contributed by atoms with van der Waals surface area (Å²) >= 11 is 0. The molecular formula is C64H39N3O4Si2. The first-order chi connectivity index (χ1) is 36.2. The number of nitrogens with zero attached hydrogens (tertiary/aromatic N) is 3. The van der Waals surface area contributed by atoms with Crippen molar-refractivity contribution < 1.29 is 18.9 Å². The van der Waals surface area contributed by atoms with Crippen molar-refractivity contribution in [3.05, 3.63) is 237 Å². The van der Waals surface area contributed by atoms with Crippen molar-refractivity contribution in [2.45, 2.75) is 0 Å². The smallest absolute Gasteiger partial charge is 0.196 e. The Balaban J connectivity index is 0.973. The van der Waals surface area contributed by atoms with Crippen molar-refractivity contribution in [2.24, 2.45) is 0 Å². The van der Waals surface area contributed by atoms with Crippen LogP contribution in [0.5, 0.6) is 46.0 Å². The third-order valence-electron chi connectivity index (χ3n) is 15.5. The molecule has 9 heteroatoms. The second-order valence-electron chi connectivity index (χ2n) is 19.1. The van der Waals surface area contributed by atoms with E-state index in [1.807, 2.05) is 0 Å². The first-order valence-electron chi connectivity index (χ1n) is 24.6. The van der Waals surface area contributed by atoms with Gasteiger partial charge in [-0.15, -0.1) is 0 Å². The van der Waals surface area contributed by atoms with Gasteiger partial charge in [0.25, 0.3) is 0 Å². The van der Waals surface area contributed by atoms with Crippen LogP contribution in [-0.2, 0) is 0 Å². The lowest BCUT2D eigenvalue weighted by molar-refractivity contribution is 0.481. The van der Waals surface area contributed by atoms with E-state index in [4.69, 9.17) is 28.9 Å². The lowest BCUT2D eigenvalue weighted by Crippen LogP contribution is -2.77. The molecule has 0 aliphatic carbocycles. The maximum Gasteiger partial charge on any atom is 0.196 e. The van der Waals surface area contributed by atoms with Crippen LogP contribution in [-0.4, -0.2) is 30.7 Å². The minimum atomic E-state index is -3.09. The summed E-state index contributed by atoms with van der Waals surface area (Å²) in [5.74, 6) is 8.22. The zero-order valence-corrected chi connectivity index (χ0v) is 41.0. The summed E-state index contributed by atoms with van der Waals surface area (Å²) in [4.78, 5) is 11.3. The van der Waals surface area contributed by atoms with Crippen molar-refractivity contribution in [1.29, 1.82) is 0 Å². The van der Waals surface area contributed by atoms with Gasteiger partial charge in [-0.2, -0.15) is 0 Å². The van der Waals surface area contributed by atoms with Gasteiger partial charge < -0.3 is 18.9 Å². The second kappa shape index (κ2) is 15.1. The fraction of sp³-hybridized carbons (Fsp3) is 0. The van der Waals surface area contributed by atoms with Crippen LogP contribution < -0.4 is 60.4 Å². The first-order valence-corrected chi connectivity index (χ1v) is 28.6. The van der Waals surface area contributed by atoms with Crippen LogP contribution in [0.15, 0.2) is 237 Å². The highest BCUT2D eigenvalue weighted by Crippen LogP contribution is 2.41. The quantitative estimate of drug-likeness (QED) is 0.164.